The van der Waals surface area contributed by atoms with Crippen LogP contribution in [-0.4, -0.2) is 29.8 Å². The summed E-state index contributed by atoms with van der Waals surface area (Å²) in [4.78, 5) is 16.9. The molecule has 0 radical (unpaired) electrons. The number of amides is 1. The standard InChI is InChI=1S/C25H23FN2O2S/c1-2-30-20-13-9-18(10-14-20)25(29)27-15-16-31-24-21-5-3-4-6-22(21)28-23(24)17-7-11-19(26)12-8-17/h3-14,28H,2,15-16H2,1H3,(H,27,29). The maximum atomic E-state index is 13.4. The van der Waals surface area contributed by atoms with E-state index in [9.17, 15) is 9.18 Å². The fourth-order valence-corrected chi connectivity index (χ4v) is 4.43. The van der Waals surface area contributed by atoms with Crippen molar-refractivity contribution in [2.45, 2.75) is 11.8 Å². The van der Waals surface area contributed by atoms with Crippen LogP contribution < -0.4 is 10.1 Å². The number of H-pyrrole nitrogens is 1. The molecule has 0 aliphatic carbocycles. The molecule has 158 valence electrons. The molecular weight excluding hydrogens is 411 g/mol. The fourth-order valence-electron chi connectivity index (χ4n) is 3.37. The first kappa shape index (κ1) is 21.0. The Labute approximate surface area is 184 Å². The van der Waals surface area contributed by atoms with Gasteiger partial charge in [-0.1, -0.05) is 18.2 Å². The summed E-state index contributed by atoms with van der Waals surface area (Å²) in [7, 11) is 0. The fraction of sp³-hybridized carbons (Fsp3) is 0.160. The minimum absolute atomic E-state index is 0.110. The highest BCUT2D eigenvalue weighted by Gasteiger charge is 2.14. The number of aromatic nitrogens is 1. The predicted molar refractivity (Wildman–Crippen MR) is 124 cm³/mol. The zero-order chi connectivity index (χ0) is 21.6. The van der Waals surface area contributed by atoms with Gasteiger partial charge in [-0.3, -0.25) is 4.79 Å². The van der Waals surface area contributed by atoms with Gasteiger partial charge in [-0.2, -0.15) is 0 Å². The maximum Gasteiger partial charge on any atom is 0.251 e. The van der Waals surface area contributed by atoms with E-state index < -0.39 is 0 Å². The number of rotatable bonds is 8. The third kappa shape index (κ3) is 4.91. The topological polar surface area (TPSA) is 54.1 Å². The molecule has 0 saturated carbocycles. The number of nitrogens with one attached hydrogen (secondary N) is 2. The lowest BCUT2D eigenvalue weighted by atomic mass is 10.1. The smallest absolute Gasteiger partial charge is 0.251 e. The number of hydrogen-bond donors (Lipinski definition) is 2. The Morgan fingerprint density at radius 1 is 1.03 bits per heavy atom. The van der Waals surface area contributed by atoms with Gasteiger partial charge < -0.3 is 15.0 Å². The molecule has 0 fully saturated rings. The molecule has 1 heterocycles. The summed E-state index contributed by atoms with van der Waals surface area (Å²) in [6.45, 7) is 3.04. The zero-order valence-corrected chi connectivity index (χ0v) is 18.0. The van der Waals surface area contributed by atoms with Gasteiger partial charge in [0, 0.05) is 33.7 Å². The summed E-state index contributed by atoms with van der Waals surface area (Å²) in [6.07, 6.45) is 0. The summed E-state index contributed by atoms with van der Waals surface area (Å²) in [5.41, 5.74) is 3.53. The zero-order valence-electron chi connectivity index (χ0n) is 17.2. The quantitative estimate of drug-likeness (QED) is 0.268. The summed E-state index contributed by atoms with van der Waals surface area (Å²) in [6, 6.07) is 21.7. The van der Waals surface area contributed by atoms with Gasteiger partial charge in [-0.05, 0) is 67.1 Å². The molecule has 31 heavy (non-hydrogen) atoms. The molecule has 0 aliphatic heterocycles. The highest BCUT2D eigenvalue weighted by atomic mass is 32.2. The number of carbonyl (C=O) groups excluding carboxylic acids is 1. The van der Waals surface area contributed by atoms with Crippen molar-refractivity contribution < 1.29 is 13.9 Å². The van der Waals surface area contributed by atoms with Crippen LogP contribution in [0.3, 0.4) is 0 Å². The number of thioether (sulfide) groups is 1. The lowest BCUT2D eigenvalue weighted by Crippen LogP contribution is -2.25. The molecule has 2 N–H and O–H groups in total. The van der Waals surface area contributed by atoms with Crippen molar-refractivity contribution in [3.05, 3.63) is 84.2 Å². The molecule has 0 saturated heterocycles. The van der Waals surface area contributed by atoms with Crippen molar-refractivity contribution in [3.8, 4) is 17.0 Å². The van der Waals surface area contributed by atoms with Crippen LogP contribution in [0.15, 0.2) is 77.7 Å². The van der Waals surface area contributed by atoms with Crippen molar-refractivity contribution in [3.63, 3.8) is 0 Å². The van der Waals surface area contributed by atoms with E-state index >= 15 is 0 Å². The van der Waals surface area contributed by atoms with E-state index in [2.05, 4.69) is 16.4 Å². The second kappa shape index (κ2) is 9.71. The van der Waals surface area contributed by atoms with Gasteiger partial charge in [-0.15, -0.1) is 11.8 Å². The first-order valence-electron chi connectivity index (χ1n) is 10.2. The summed E-state index contributed by atoms with van der Waals surface area (Å²) >= 11 is 1.67. The van der Waals surface area contributed by atoms with E-state index in [0.717, 1.165) is 32.8 Å². The van der Waals surface area contributed by atoms with Gasteiger partial charge in [0.2, 0.25) is 0 Å². The largest absolute Gasteiger partial charge is 0.494 e. The lowest BCUT2D eigenvalue weighted by molar-refractivity contribution is 0.0956. The van der Waals surface area contributed by atoms with Crippen LogP contribution >= 0.6 is 11.8 Å². The van der Waals surface area contributed by atoms with Crippen molar-refractivity contribution in [1.29, 1.82) is 0 Å². The first-order valence-corrected chi connectivity index (χ1v) is 11.1. The third-order valence-electron chi connectivity index (χ3n) is 4.85. The molecule has 6 heteroatoms. The van der Waals surface area contributed by atoms with Crippen LogP contribution in [0, 0.1) is 5.82 Å². The average molecular weight is 435 g/mol. The highest BCUT2D eigenvalue weighted by molar-refractivity contribution is 7.99. The monoisotopic (exact) mass is 434 g/mol. The predicted octanol–water partition coefficient (Wildman–Crippen LogP) is 5.89. The maximum absolute atomic E-state index is 13.4. The van der Waals surface area contributed by atoms with E-state index in [1.807, 2.05) is 25.1 Å². The first-order chi connectivity index (χ1) is 15.2. The number of benzene rings is 3. The van der Waals surface area contributed by atoms with E-state index in [1.165, 1.54) is 12.1 Å². The summed E-state index contributed by atoms with van der Waals surface area (Å²) in [5, 5.41) is 4.08. The second-order valence-corrected chi connectivity index (χ2v) is 8.05. The molecule has 0 atom stereocenters. The molecule has 0 spiro atoms. The Kier molecular flexibility index (Phi) is 6.57. The van der Waals surface area contributed by atoms with E-state index in [0.29, 0.717) is 24.5 Å². The molecule has 0 aliphatic rings. The van der Waals surface area contributed by atoms with Crippen molar-refractivity contribution in [2.75, 3.05) is 18.9 Å². The van der Waals surface area contributed by atoms with Crippen LogP contribution in [0.4, 0.5) is 4.39 Å². The number of aromatic amines is 1. The van der Waals surface area contributed by atoms with Crippen molar-refractivity contribution in [1.82, 2.24) is 10.3 Å². The van der Waals surface area contributed by atoms with Crippen LogP contribution in [-0.2, 0) is 0 Å². The molecule has 4 aromatic rings. The molecule has 4 nitrogen and oxygen atoms in total. The average Bonchev–Trinajstić information content (AvgIpc) is 3.16. The highest BCUT2D eigenvalue weighted by Crippen LogP contribution is 2.37. The van der Waals surface area contributed by atoms with Gasteiger partial charge in [0.1, 0.15) is 11.6 Å². The Balaban J connectivity index is 1.43. The lowest BCUT2D eigenvalue weighted by Gasteiger charge is -2.08. The minimum Gasteiger partial charge on any atom is -0.494 e. The number of para-hydroxylation sites is 1. The minimum atomic E-state index is -0.258. The van der Waals surface area contributed by atoms with Gasteiger partial charge in [0.25, 0.3) is 5.91 Å². The van der Waals surface area contributed by atoms with E-state index in [-0.39, 0.29) is 11.7 Å². The molecule has 1 amide bonds. The molecule has 4 rings (SSSR count). The van der Waals surface area contributed by atoms with E-state index in [4.69, 9.17) is 4.74 Å². The Morgan fingerprint density at radius 2 is 1.77 bits per heavy atom. The van der Waals surface area contributed by atoms with Crippen LogP contribution in [0.5, 0.6) is 5.75 Å². The normalized spacial score (nSPS) is 10.9. The van der Waals surface area contributed by atoms with Gasteiger partial charge in [0.05, 0.1) is 12.3 Å². The van der Waals surface area contributed by atoms with Crippen molar-refractivity contribution in [2.24, 2.45) is 0 Å². The number of ether oxygens (including phenoxy) is 1. The summed E-state index contributed by atoms with van der Waals surface area (Å²) < 4.78 is 18.8. The number of carbonyl (C=O) groups is 1. The second-order valence-electron chi connectivity index (χ2n) is 6.94. The molecular formula is C25H23FN2O2S. The molecule has 3 aromatic carbocycles. The summed E-state index contributed by atoms with van der Waals surface area (Å²) in [5.74, 6) is 1.09. The Hall–Kier alpha value is -3.25. The Bertz CT molecular complexity index is 1170. The van der Waals surface area contributed by atoms with Crippen molar-refractivity contribution >= 4 is 28.6 Å². The number of halogens is 1. The molecule has 0 unspecified atom stereocenters. The number of hydrogen-bond acceptors (Lipinski definition) is 3. The third-order valence-corrected chi connectivity index (χ3v) is 5.97. The number of fused-ring (bicyclic) bond motifs is 1. The van der Waals surface area contributed by atoms with Gasteiger partial charge in [0.15, 0.2) is 0 Å². The van der Waals surface area contributed by atoms with Crippen LogP contribution in [0.2, 0.25) is 0 Å². The molecule has 1 aromatic heterocycles. The van der Waals surface area contributed by atoms with Crippen LogP contribution in [0.25, 0.3) is 22.2 Å². The van der Waals surface area contributed by atoms with Gasteiger partial charge in [-0.25, -0.2) is 4.39 Å². The van der Waals surface area contributed by atoms with Gasteiger partial charge >= 0.3 is 0 Å². The van der Waals surface area contributed by atoms with Crippen LogP contribution in [0.1, 0.15) is 17.3 Å². The Morgan fingerprint density at radius 3 is 2.52 bits per heavy atom. The van der Waals surface area contributed by atoms with E-state index in [1.54, 1.807) is 48.2 Å². The molecule has 0 bridgehead atoms. The SMILES string of the molecule is CCOc1ccc(C(=O)NCCSc2c(-c3ccc(F)cc3)[nH]c3ccccc23)cc1.